The van der Waals surface area contributed by atoms with Crippen LogP contribution in [0.25, 0.3) is 0 Å². The highest BCUT2D eigenvalue weighted by atomic mass is 16.7. The van der Waals surface area contributed by atoms with Crippen LogP contribution in [0.3, 0.4) is 0 Å². The van der Waals surface area contributed by atoms with Gasteiger partial charge in [-0.3, -0.25) is 0 Å². The van der Waals surface area contributed by atoms with E-state index in [0.29, 0.717) is 6.54 Å². The number of rotatable bonds is 6. The summed E-state index contributed by atoms with van der Waals surface area (Å²) in [6, 6.07) is 18.6. The fourth-order valence-electron chi connectivity index (χ4n) is 3.63. The molecule has 1 heterocycles. The van der Waals surface area contributed by atoms with E-state index in [1.54, 1.807) is 0 Å². The van der Waals surface area contributed by atoms with Crippen LogP contribution in [-0.2, 0) is 20.5 Å². The van der Waals surface area contributed by atoms with Crippen molar-refractivity contribution in [1.29, 1.82) is 0 Å². The van der Waals surface area contributed by atoms with Gasteiger partial charge in [-0.2, -0.15) is 0 Å². The highest BCUT2D eigenvalue weighted by Gasteiger charge is 2.51. The zero-order chi connectivity index (χ0) is 23.6. The first kappa shape index (κ1) is 24.3. The second kappa shape index (κ2) is 9.28. The van der Waals surface area contributed by atoms with E-state index in [1.165, 1.54) is 5.56 Å². The number of benzene rings is 2. The number of carbonyl (C=O) groups excluding carboxylic acids is 1. The lowest BCUT2D eigenvalue weighted by Gasteiger charge is -2.32. The molecule has 1 saturated heterocycles. The second-order valence-electron chi connectivity index (χ2n) is 10.5. The van der Waals surface area contributed by atoms with Crippen molar-refractivity contribution in [2.24, 2.45) is 0 Å². The molecule has 0 bridgehead atoms. The fourth-order valence-corrected chi connectivity index (χ4v) is 3.63. The van der Waals surface area contributed by atoms with Gasteiger partial charge in [-0.15, -0.1) is 0 Å². The average Bonchev–Trinajstić information content (AvgIpc) is 2.92. The molecule has 2 aromatic carbocycles. The standard InChI is InChI=1S/C26H36BNO4/c1-24(2,3)30-23(29)28-18-21(17-19-11-9-8-10-12-19)20-13-15-22(16-14-20)27-31-25(4,5)26(6,7)32-27/h8-16,21H,17-18H2,1-7H3,(H,28,29). The lowest BCUT2D eigenvalue weighted by atomic mass is 9.78. The molecule has 1 amide bonds. The van der Waals surface area contributed by atoms with Crippen LogP contribution in [0, 0.1) is 0 Å². The van der Waals surface area contributed by atoms with Crippen LogP contribution < -0.4 is 10.8 Å². The maximum atomic E-state index is 12.2. The Balaban J connectivity index is 1.75. The van der Waals surface area contributed by atoms with Crippen molar-refractivity contribution in [3.63, 3.8) is 0 Å². The molecule has 1 unspecified atom stereocenters. The van der Waals surface area contributed by atoms with Gasteiger partial charge in [0.1, 0.15) is 5.60 Å². The molecule has 5 nitrogen and oxygen atoms in total. The molecule has 6 heteroatoms. The van der Waals surface area contributed by atoms with Gasteiger partial charge in [-0.25, -0.2) is 4.79 Å². The second-order valence-corrected chi connectivity index (χ2v) is 10.5. The van der Waals surface area contributed by atoms with Gasteiger partial charge in [0.25, 0.3) is 0 Å². The van der Waals surface area contributed by atoms with Crippen molar-refractivity contribution in [2.45, 2.75) is 77.6 Å². The van der Waals surface area contributed by atoms with E-state index in [9.17, 15) is 4.79 Å². The Kier molecular flexibility index (Phi) is 7.06. The molecule has 0 saturated carbocycles. The smallest absolute Gasteiger partial charge is 0.444 e. The highest BCUT2D eigenvalue weighted by Crippen LogP contribution is 2.36. The molecular weight excluding hydrogens is 401 g/mol. The van der Waals surface area contributed by atoms with Crippen molar-refractivity contribution >= 4 is 18.7 Å². The molecule has 0 spiro atoms. The summed E-state index contributed by atoms with van der Waals surface area (Å²) in [5, 5.41) is 2.94. The van der Waals surface area contributed by atoms with Crippen LogP contribution in [0.5, 0.6) is 0 Å². The lowest BCUT2D eigenvalue weighted by molar-refractivity contribution is 0.00578. The van der Waals surface area contributed by atoms with Crippen molar-refractivity contribution in [3.8, 4) is 0 Å². The van der Waals surface area contributed by atoms with Gasteiger partial charge in [0.15, 0.2) is 0 Å². The molecule has 1 atom stereocenters. The Hall–Kier alpha value is -2.31. The molecule has 0 radical (unpaired) electrons. The number of carbonyl (C=O) groups is 1. The molecule has 1 aliphatic rings. The van der Waals surface area contributed by atoms with Crippen molar-refractivity contribution in [3.05, 3.63) is 65.7 Å². The Bertz CT molecular complexity index is 888. The number of hydrogen-bond donors (Lipinski definition) is 1. The molecule has 0 aliphatic carbocycles. The zero-order valence-electron chi connectivity index (χ0n) is 20.4. The Morgan fingerprint density at radius 2 is 1.53 bits per heavy atom. The van der Waals surface area contributed by atoms with E-state index in [2.05, 4.69) is 69.4 Å². The van der Waals surface area contributed by atoms with E-state index in [4.69, 9.17) is 14.0 Å². The van der Waals surface area contributed by atoms with Gasteiger partial charge >= 0.3 is 13.2 Å². The lowest BCUT2D eigenvalue weighted by Crippen LogP contribution is -2.41. The summed E-state index contributed by atoms with van der Waals surface area (Å²) >= 11 is 0. The monoisotopic (exact) mass is 437 g/mol. The van der Waals surface area contributed by atoms with Crippen LogP contribution in [-0.4, -0.2) is 36.6 Å². The summed E-state index contributed by atoms with van der Waals surface area (Å²) in [6.45, 7) is 14.3. The van der Waals surface area contributed by atoms with Crippen LogP contribution in [0.2, 0.25) is 0 Å². The maximum absolute atomic E-state index is 12.2. The Morgan fingerprint density at radius 1 is 0.969 bits per heavy atom. The molecule has 1 aliphatic heterocycles. The van der Waals surface area contributed by atoms with Crippen LogP contribution in [0.15, 0.2) is 54.6 Å². The highest BCUT2D eigenvalue weighted by molar-refractivity contribution is 6.62. The Labute approximate surface area is 193 Å². The quantitative estimate of drug-likeness (QED) is 0.658. The third-order valence-corrected chi connectivity index (χ3v) is 6.15. The molecule has 1 N–H and O–H groups in total. The third kappa shape index (κ3) is 6.14. The number of ether oxygens (including phenoxy) is 1. The summed E-state index contributed by atoms with van der Waals surface area (Å²) in [7, 11) is -0.387. The van der Waals surface area contributed by atoms with Gasteiger partial charge in [-0.1, -0.05) is 54.6 Å². The SMILES string of the molecule is CC(C)(C)OC(=O)NCC(Cc1ccccc1)c1ccc(B2OC(C)(C)C(C)(C)O2)cc1. The van der Waals surface area contributed by atoms with E-state index in [0.717, 1.165) is 17.4 Å². The van der Waals surface area contributed by atoms with Crippen molar-refractivity contribution < 1.29 is 18.8 Å². The van der Waals surface area contributed by atoms with Gasteiger partial charge in [0.2, 0.25) is 0 Å². The van der Waals surface area contributed by atoms with Crippen LogP contribution in [0.4, 0.5) is 4.79 Å². The predicted molar refractivity (Wildman–Crippen MR) is 129 cm³/mol. The average molecular weight is 437 g/mol. The number of alkyl carbamates (subject to hydrolysis) is 1. The molecule has 2 aromatic rings. The van der Waals surface area contributed by atoms with E-state index in [-0.39, 0.29) is 24.2 Å². The van der Waals surface area contributed by atoms with Crippen molar-refractivity contribution in [1.82, 2.24) is 5.32 Å². The number of hydrogen-bond acceptors (Lipinski definition) is 4. The first-order valence-corrected chi connectivity index (χ1v) is 11.3. The minimum atomic E-state index is -0.524. The van der Waals surface area contributed by atoms with E-state index >= 15 is 0 Å². The topological polar surface area (TPSA) is 56.8 Å². The van der Waals surface area contributed by atoms with Crippen LogP contribution >= 0.6 is 0 Å². The fraction of sp³-hybridized carbons (Fsp3) is 0.500. The van der Waals surface area contributed by atoms with E-state index in [1.807, 2.05) is 39.0 Å². The molecule has 32 heavy (non-hydrogen) atoms. The minimum Gasteiger partial charge on any atom is -0.444 e. The first-order valence-electron chi connectivity index (χ1n) is 11.3. The molecule has 0 aromatic heterocycles. The largest absolute Gasteiger partial charge is 0.494 e. The predicted octanol–water partition coefficient (Wildman–Crippen LogP) is 4.84. The molecule has 3 rings (SSSR count). The van der Waals surface area contributed by atoms with Gasteiger partial charge < -0.3 is 19.4 Å². The summed E-state index contributed by atoms with van der Waals surface area (Å²) in [6.07, 6.45) is 0.413. The number of nitrogens with one attached hydrogen (secondary N) is 1. The van der Waals surface area contributed by atoms with Gasteiger partial charge in [-0.05, 0) is 71.5 Å². The Morgan fingerprint density at radius 3 is 2.06 bits per heavy atom. The zero-order valence-corrected chi connectivity index (χ0v) is 20.4. The summed E-state index contributed by atoms with van der Waals surface area (Å²) in [4.78, 5) is 12.2. The van der Waals surface area contributed by atoms with Crippen molar-refractivity contribution in [2.75, 3.05) is 6.54 Å². The van der Waals surface area contributed by atoms with Gasteiger partial charge in [0, 0.05) is 12.5 Å². The minimum absolute atomic E-state index is 0.109. The first-order chi connectivity index (χ1) is 14.9. The van der Waals surface area contributed by atoms with E-state index < -0.39 is 11.7 Å². The maximum Gasteiger partial charge on any atom is 0.494 e. The van der Waals surface area contributed by atoms with Crippen LogP contribution in [0.1, 0.15) is 65.5 Å². The summed E-state index contributed by atoms with van der Waals surface area (Å²) in [5.41, 5.74) is 2.09. The molecule has 172 valence electrons. The number of amides is 1. The normalized spacial score (nSPS) is 18.3. The van der Waals surface area contributed by atoms with Gasteiger partial charge in [0.05, 0.1) is 11.2 Å². The third-order valence-electron chi connectivity index (χ3n) is 6.15. The molecular formula is C26H36BNO4. The summed E-state index contributed by atoms with van der Waals surface area (Å²) < 4.78 is 17.8. The summed E-state index contributed by atoms with van der Waals surface area (Å²) in [5.74, 6) is 0.109. The molecule has 1 fully saturated rings.